The highest BCUT2D eigenvalue weighted by Crippen LogP contribution is 2.36. The van der Waals surface area contributed by atoms with Gasteiger partial charge in [-0.2, -0.15) is 0 Å². The summed E-state index contributed by atoms with van der Waals surface area (Å²) in [5, 5.41) is 0. The van der Waals surface area contributed by atoms with Crippen LogP contribution in [0.25, 0.3) is 0 Å². The molecular weight excluding hydrogens is 246 g/mol. The van der Waals surface area contributed by atoms with Gasteiger partial charge in [-0.25, -0.2) is 0 Å². The predicted octanol–water partition coefficient (Wildman–Crippen LogP) is 1.90. The Morgan fingerprint density at radius 1 is 1.16 bits per heavy atom. The van der Waals surface area contributed by atoms with Gasteiger partial charge in [0.05, 0.1) is 26.7 Å². The topological polar surface area (TPSA) is 70.8 Å². The lowest BCUT2D eigenvalue weighted by Crippen LogP contribution is -2.37. The predicted molar refractivity (Wildman–Crippen MR) is 72.3 cm³/mol. The summed E-state index contributed by atoms with van der Waals surface area (Å²) in [5.74, 6) is 0.847. The molecule has 1 aromatic rings. The molecule has 0 spiro atoms. The van der Waals surface area contributed by atoms with Crippen LogP contribution in [0.3, 0.4) is 0 Å². The highest BCUT2D eigenvalue weighted by molar-refractivity contribution is 5.77. The van der Waals surface area contributed by atoms with E-state index < -0.39 is 11.5 Å². The van der Waals surface area contributed by atoms with E-state index in [4.69, 9.17) is 19.9 Å². The molecule has 1 rings (SSSR count). The SMILES string of the molecule is COC(=O)C(C)(C)[C@H](N)c1ccc(OC)c(OC)c1. The van der Waals surface area contributed by atoms with E-state index in [2.05, 4.69) is 0 Å². The zero-order valence-corrected chi connectivity index (χ0v) is 12.0. The molecule has 0 aliphatic carbocycles. The van der Waals surface area contributed by atoms with Crippen LogP contribution in [0.4, 0.5) is 0 Å². The molecule has 0 unspecified atom stereocenters. The number of nitrogens with two attached hydrogens (primary N) is 1. The van der Waals surface area contributed by atoms with Crippen LogP contribution in [0.1, 0.15) is 25.5 Å². The number of carbonyl (C=O) groups is 1. The molecule has 0 radical (unpaired) electrons. The molecule has 0 aliphatic rings. The van der Waals surface area contributed by atoms with Crippen molar-refractivity contribution in [1.82, 2.24) is 0 Å². The lowest BCUT2D eigenvalue weighted by molar-refractivity contribution is -0.152. The molecule has 0 heterocycles. The van der Waals surface area contributed by atoms with Crippen molar-refractivity contribution in [3.8, 4) is 11.5 Å². The van der Waals surface area contributed by atoms with Crippen LogP contribution in [-0.4, -0.2) is 27.3 Å². The van der Waals surface area contributed by atoms with E-state index >= 15 is 0 Å². The highest BCUT2D eigenvalue weighted by atomic mass is 16.5. The second-order valence-corrected chi connectivity index (χ2v) is 4.81. The van der Waals surface area contributed by atoms with Crippen LogP contribution >= 0.6 is 0 Å². The first-order valence-electron chi connectivity index (χ1n) is 5.94. The van der Waals surface area contributed by atoms with Gasteiger partial charge < -0.3 is 19.9 Å². The van der Waals surface area contributed by atoms with Gasteiger partial charge in [0.2, 0.25) is 0 Å². The fourth-order valence-electron chi connectivity index (χ4n) is 1.85. The maximum atomic E-state index is 11.8. The number of benzene rings is 1. The number of esters is 1. The Kier molecular flexibility index (Phi) is 4.78. The van der Waals surface area contributed by atoms with Crippen LogP contribution in [0.15, 0.2) is 18.2 Å². The molecule has 19 heavy (non-hydrogen) atoms. The number of hydrogen-bond acceptors (Lipinski definition) is 5. The third-order valence-corrected chi connectivity index (χ3v) is 3.26. The van der Waals surface area contributed by atoms with Crippen molar-refractivity contribution >= 4 is 5.97 Å². The Bertz CT molecular complexity index is 457. The van der Waals surface area contributed by atoms with E-state index in [1.807, 2.05) is 6.07 Å². The molecule has 1 aromatic carbocycles. The Hall–Kier alpha value is -1.75. The van der Waals surface area contributed by atoms with Crippen molar-refractivity contribution in [2.75, 3.05) is 21.3 Å². The summed E-state index contributed by atoms with van der Waals surface area (Å²) in [6.45, 7) is 3.50. The van der Waals surface area contributed by atoms with Crippen molar-refractivity contribution in [2.45, 2.75) is 19.9 Å². The summed E-state index contributed by atoms with van der Waals surface area (Å²) in [5.41, 5.74) is 6.13. The molecule has 0 saturated heterocycles. The summed E-state index contributed by atoms with van der Waals surface area (Å²) >= 11 is 0. The number of hydrogen-bond donors (Lipinski definition) is 1. The second-order valence-electron chi connectivity index (χ2n) is 4.81. The van der Waals surface area contributed by atoms with Crippen LogP contribution in [0.5, 0.6) is 11.5 Å². The van der Waals surface area contributed by atoms with Crippen molar-refractivity contribution in [2.24, 2.45) is 11.1 Å². The fourth-order valence-corrected chi connectivity index (χ4v) is 1.85. The smallest absolute Gasteiger partial charge is 0.313 e. The van der Waals surface area contributed by atoms with Gasteiger partial charge in [0.25, 0.3) is 0 Å². The van der Waals surface area contributed by atoms with E-state index in [-0.39, 0.29) is 5.97 Å². The molecule has 0 aliphatic heterocycles. The van der Waals surface area contributed by atoms with Crippen molar-refractivity contribution in [3.63, 3.8) is 0 Å². The zero-order valence-electron chi connectivity index (χ0n) is 12.0. The van der Waals surface area contributed by atoms with E-state index in [0.717, 1.165) is 5.56 Å². The molecule has 2 N–H and O–H groups in total. The molecule has 0 saturated carbocycles. The number of carbonyl (C=O) groups excluding carboxylic acids is 1. The Morgan fingerprint density at radius 2 is 1.74 bits per heavy atom. The lowest BCUT2D eigenvalue weighted by atomic mass is 9.81. The van der Waals surface area contributed by atoms with Crippen LogP contribution in [0, 0.1) is 5.41 Å². The number of ether oxygens (including phenoxy) is 3. The minimum absolute atomic E-state index is 0.352. The normalized spacial score (nSPS) is 12.7. The Labute approximate surface area is 113 Å². The molecule has 1 atom stereocenters. The molecule has 5 nitrogen and oxygen atoms in total. The van der Waals surface area contributed by atoms with Gasteiger partial charge in [-0.15, -0.1) is 0 Å². The minimum Gasteiger partial charge on any atom is -0.493 e. The molecule has 5 heteroatoms. The molecule has 0 amide bonds. The van der Waals surface area contributed by atoms with Crippen LogP contribution in [0.2, 0.25) is 0 Å². The molecule has 0 aromatic heterocycles. The Balaban J connectivity index is 3.13. The van der Waals surface area contributed by atoms with Crippen LogP contribution in [-0.2, 0) is 9.53 Å². The lowest BCUT2D eigenvalue weighted by Gasteiger charge is -2.29. The molecule has 0 bridgehead atoms. The van der Waals surface area contributed by atoms with Gasteiger partial charge in [-0.1, -0.05) is 6.07 Å². The first kappa shape index (κ1) is 15.3. The quantitative estimate of drug-likeness (QED) is 0.825. The average Bonchev–Trinajstić information content (AvgIpc) is 2.44. The van der Waals surface area contributed by atoms with Gasteiger partial charge in [0, 0.05) is 6.04 Å². The first-order valence-corrected chi connectivity index (χ1v) is 5.94. The standard InChI is InChI=1S/C14H21NO4/c1-14(2,13(16)19-5)12(15)9-6-7-10(17-3)11(8-9)18-4/h6-8,12H,15H2,1-5H3/t12-/m1/s1. The summed E-state index contributed by atoms with van der Waals surface area (Å²) in [6.07, 6.45) is 0. The van der Waals surface area contributed by atoms with E-state index in [0.29, 0.717) is 11.5 Å². The van der Waals surface area contributed by atoms with Gasteiger partial charge in [0.15, 0.2) is 11.5 Å². The van der Waals surface area contributed by atoms with E-state index in [1.165, 1.54) is 7.11 Å². The molecule has 0 fully saturated rings. The summed E-state index contributed by atoms with van der Waals surface area (Å²) in [4.78, 5) is 11.8. The van der Waals surface area contributed by atoms with E-state index in [1.54, 1.807) is 40.2 Å². The average molecular weight is 267 g/mol. The van der Waals surface area contributed by atoms with Crippen molar-refractivity contribution < 1.29 is 19.0 Å². The maximum absolute atomic E-state index is 11.8. The number of methoxy groups -OCH3 is 3. The van der Waals surface area contributed by atoms with Gasteiger partial charge in [0.1, 0.15) is 0 Å². The molecular formula is C14H21NO4. The van der Waals surface area contributed by atoms with Crippen LogP contribution < -0.4 is 15.2 Å². The summed E-state index contributed by atoms with van der Waals surface area (Å²) in [7, 11) is 4.47. The van der Waals surface area contributed by atoms with Gasteiger partial charge >= 0.3 is 5.97 Å². The van der Waals surface area contributed by atoms with Crippen molar-refractivity contribution in [3.05, 3.63) is 23.8 Å². The number of rotatable bonds is 5. The monoisotopic (exact) mass is 267 g/mol. The van der Waals surface area contributed by atoms with Crippen molar-refractivity contribution in [1.29, 1.82) is 0 Å². The second kappa shape index (κ2) is 5.93. The van der Waals surface area contributed by atoms with E-state index in [9.17, 15) is 4.79 Å². The maximum Gasteiger partial charge on any atom is 0.313 e. The van der Waals surface area contributed by atoms with Gasteiger partial charge in [-0.05, 0) is 31.5 Å². The third kappa shape index (κ3) is 2.98. The molecule has 106 valence electrons. The highest BCUT2D eigenvalue weighted by Gasteiger charge is 2.36. The summed E-state index contributed by atoms with van der Waals surface area (Å²) < 4.78 is 15.2. The fraction of sp³-hybridized carbons (Fsp3) is 0.500. The zero-order chi connectivity index (χ0) is 14.6. The minimum atomic E-state index is -0.825. The summed E-state index contributed by atoms with van der Waals surface area (Å²) in [6, 6.07) is 4.85. The Morgan fingerprint density at radius 3 is 2.21 bits per heavy atom. The third-order valence-electron chi connectivity index (χ3n) is 3.26. The van der Waals surface area contributed by atoms with Gasteiger partial charge in [-0.3, -0.25) is 4.79 Å². The first-order chi connectivity index (χ1) is 8.88. The largest absolute Gasteiger partial charge is 0.493 e.